The van der Waals surface area contributed by atoms with Gasteiger partial charge in [0.25, 0.3) is 11.8 Å². The fourth-order valence-electron chi connectivity index (χ4n) is 8.43. The first-order chi connectivity index (χ1) is 28.2. The summed E-state index contributed by atoms with van der Waals surface area (Å²) in [7, 11) is 7.21. The molecule has 9 rings (SSSR count). The fourth-order valence-corrected chi connectivity index (χ4v) is 8.43. The molecule has 4 aliphatic rings. The molecule has 0 N–H and O–H groups in total. The van der Waals surface area contributed by atoms with Gasteiger partial charge in [0.15, 0.2) is 23.0 Å². The van der Waals surface area contributed by atoms with Crippen LogP contribution in [0.1, 0.15) is 61.1 Å². The number of hydrogen-bond acceptors (Lipinski definition) is 9. The molecule has 5 aromatic rings. The van der Waals surface area contributed by atoms with E-state index in [9.17, 15) is 9.59 Å². The number of benzene rings is 5. The number of fused-ring (bicyclic) bond motifs is 6. The normalized spacial score (nSPS) is 17.6. The molecule has 58 heavy (non-hydrogen) atoms. The maximum Gasteiger partial charge on any atom is 0.257 e. The minimum absolute atomic E-state index is 0. The molecule has 296 valence electrons. The maximum absolute atomic E-state index is 13.9. The SMILES string of the molecule is COc1cc2c(cc1OCc1cc(COc3cc4c(cc3OC)C(=O)N3Cc5ccccc5C[C@H]3C=N4)cc(CN(C)C)c1)N=CC1Cc3ccccc3CN1C2=O.[HH]. The quantitative estimate of drug-likeness (QED) is 0.143. The van der Waals surface area contributed by atoms with Gasteiger partial charge in [0, 0.05) is 45.6 Å². The summed E-state index contributed by atoms with van der Waals surface area (Å²) < 4.78 is 24.4. The lowest BCUT2D eigenvalue weighted by molar-refractivity contribution is 0.0696. The van der Waals surface area contributed by atoms with E-state index in [-0.39, 0.29) is 38.5 Å². The van der Waals surface area contributed by atoms with Gasteiger partial charge in [0.05, 0.1) is 48.8 Å². The summed E-state index contributed by atoms with van der Waals surface area (Å²) in [5, 5.41) is 0. The van der Waals surface area contributed by atoms with Gasteiger partial charge >= 0.3 is 0 Å². The Morgan fingerprint density at radius 1 is 0.603 bits per heavy atom. The monoisotopic (exact) mass is 777 g/mol. The highest BCUT2D eigenvalue weighted by Gasteiger charge is 2.35. The van der Waals surface area contributed by atoms with Crippen LogP contribution < -0.4 is 18.9 Å². The summed E-state index contributed by atoms with van der Waals surface area (Å²) in [6.45, 7) is 2.25. The van der Waals surface area contributed by atoms with E-state index in [4.69, 9.17) is 28.9 Å². The second-order valence-corrected chi connectivity index (χ2v) is 15.5. The van der Waals surface area contributed by atoms with Crippen molar-refractivity contribution in [2.45, 2.75) is 57.8 Å². The van der Waals surface area contributed by atoms with E-state index in [0.717, 1.165) is 40.7 Å². The molecular weight excluding hydrogens is 731 g/mol. The lowest BCUT2D eigenvalue weighted by Gasteiger charge is -2.34. The Bertz CT molecular complexity index is 2340. The Morgan fingerprint density at radius 2 is 1.03 bits per heavy atom. The number of methoxy groups -OCH3 is 2. The van der Waals surface area contributed by atoms with Crippen molar-refractivity contribution in [3.05, 3.63) is 141 Å². The lowest BCUT2D eigenvalue weighted by atomic mass is 9.94. The van der Waals surface area contributed by atoms with Gasteiger partial charge < -0.3 is 33.6 Å². The number of nitrogens with zero attached hydrogens (tertiary/aromatic N) is 5. The lowest BCUT2D eigenvalue weighted by Crippen LogP contribution is -2.44. The van der Waals surface area contributed by atoms with Gasteiger partial charge in [-0.25, -0.2) is 0 Å². The van der Waals surface area contributed by atoms with Gasteiger partial charge in [-0.3, -0.25) is 19.6 Å². The Labute approximate surface area is 339 Å². The van der Waals surface area contributed by atoms with E-state index in [1.807, 2.05) is 60.6 Å². The van der Waals surface area contributed by atoms with Crippen LogP contribution in [-0.4, -0.2) is 79.3 Å². The third kappa shape index (κ3) is 7.18. The van der Waals surface area contributed by atoms with E-state index in [2.05, 4.69) is 47.4 Å². The summed E-state index contributed by atoms with van der Waals surface area (Å²) in [4.78, 5) is 43.3. The van der Waals surface area contributed by atoms with Gasteiger partial charge in [-0.1, -0.05) is 60.7 Å². The second kappa shape index (κ2) is 15.5. The maximum atomic E-state index is 13.9. The van der Waals surface area contributed by atoms with Crippen molar-refractivity contribution in [2.75, 3.05) is 28.3 Å². The van der Waals surface area contributed by atoms with Crippen molar-refractivity contribution in [1.29, 1.82) is 0 Å². The molecular formula is C47H47N5O6. The number of aliphatic imine (C=N–C) groups is 2. The van der Waals surface area contributed by atoms with Crippen LogP contribution in [0.3, 0.4) is 0 Å². The van der Waals surface area contributed by atoms with Gasteiger partial charge in [-0.15, -0.1) is 0 Å². The van der Waals surface area contributed by atoms with Crippen LogP contribution in [0.2, 0.25) is 0 Å². The number of rotatable bonds is 10. The zero-order chi connectivity index (χ0) is 39.9. The molecule has 0 saturated heterocycles. The molecule has 4 heterocycles. The molecule has 11 nitrogen and oxygen atoms in total. The number of hydrogen-bond donors (Lipinski definition) is 0. The summed E-state index contributed by atoms with van der Waals surface area (Å²) in [5.41, 5.74) is 9.83. The summed E-state index contributed by atoms with van der Waals surface area (Å²) in [5.74, 6) is 1.75. The summed E-state index contributed by atoms with van der Waals surface area (Å²) >= 11 is 0. The zero-order valence-electron chi connectivity index (χ0n) is 33.1. The molecule has 0 saturated carbocycles. The van der Waals surface area contributed by atoms with Crippen molar-refractivity contribution in [1.82, 2.24) is 14.7 Å². The third-order valence-electron chi connectivity index (χ3n) is 11.3. The topological polar surface area (TPSA) is 106 Å². The van der Waals surface area contributed by atoms with Crippen molar-refractivity contribution >= 4 is 35.6 Å². The molecule has 0 radical (unpaired) electrons. The van der Waals surface area contributed by atoms with E-state index in [0.29, 0.717) is 65.1 Å². The highest BCUT2D eigenvalue weighted by molar-refractivity contribution is 6.04. The molecule has 0 fully saturated rings. The smallest absolute Gasteiger partial charge is 0.257 e. The Hall–Kier alpha value is -6.46. The highest BCUT2D eigenvalue weighted by atomic mass is 16.5. The minimum atomic E-state index is -0.132. The van der Waals surface area contributed by atoms with Gasteiger partial charge in [0.2, 0.25) is 0 Å². The predicted octanol–water partition coefficient (Wildman–Crippen LogP) is 7.74. The van der Waals surface area contributed by atoms with E-state index >= 15 is 0 Å². The average molecular weight is 778 g/mol. The molecule has 4 aliphatic heterocycles. The predicted molar refractivity (Wildman–Crippen MR) is 225 cm³/mol. The molecule has 0 aliphatic carbocycles. The third-order valence-corrected chi connectivity index (χ3v) is 11.3. The first-order valence-electron chi connectivity index (χ1n) is 19.5. The average Bonchev–Trinajstić information content (AvgIpc) is 3.45. The highest BCUT2D eigenvalue weighted by Crippen LogP contribution is 2.41. The van der Waals surface area contributed by atoms with E-state index < -0.39 is 0 Å². The fraction of sp³-hybridized carbons (Fsp3) is 0.277. The first-order valence-corrected chi connectivity index (χ1v) is 19.5. The van der Waals surface area contributed by atoms with Crippen molar-refractivity contribution in [3.8, 4) is 23.0 Å². The molecule has 1 unspecified atom stereocenters. The Balaban J connectivity index is 0.00000484. The van der Waals surface area contributed by atoms with Crippen molar-refractivity contribution in [2.24, 2.45) is 9.98 Å². The molecule has 5 aromatic carbocycles. The van der Waals surface area contributed by atoms with Crippen LogP contribution in [0.5, 0.6) is 23.0 Å². The standard InChI is InChI=1S/C47H45N5O6.H2/c1-50(2)24-29-13-30(27-57-44-20-40-38(18-42(44)55-3)46(53)51-25-34-11-7-5-9-32(34)16-36(51)22-48-40)15-31(14-29)28-58-45-21-41-39(19-43(45)56-4)47(54)52-26-35-12-8-6-10-33(35)17-37(52)23-49-41;/h5-15,18-23,36-37H,16-17,24-28H2,1-4H3;1H/t36-,37?;/m0./s1. The van der Waals surface area contributed by atoms with Crippen LogP contribution in [0, 0.1) is 0 Å². The van der Waals surface area contributed by atoms with Crippen LogP contribution in [0.25, 0.3) is 0 Å². The molecule has 2 atom stereocenters. The molecule has 0 bridgehead atoms. The molecule has 0 spiro atoms. The second-order valence-electron chi connectivity index (χ2n) is 15.5. The largest absolute Gasteiger partial charge is 0.493 e. The summed E-state index contributed by atoms with van der Waals surface area (Å²) in [6.07, 6.45) is 5.19. The van der Waals surface area contributed by atoms with Gasteiger partial charge in [-0.2, -0.15) is 0 Å². The van der Waals surface area contributed by atoms with Crippen molar-refractivity contribution in [3.63, 3.8) is 0 Å². The minimum Gasteiger partial charge on any atom is -0.493 e. The number of carbonyl (C=O) groups is 2. The van der Waals surface area contributed by atoms with E-state index in [1.54, 1.807) is 38.5 Å². The summed E-state index contributed by atoms with van der Waals surface area (Å²) in [6, 6.07) is 29.6. The number of carbonyl (C=O) groups excluding carboxylic acids is 2. The zero-order valence-corrected chi connectivity index (χ0v) is 33.1. The van der Waals surface area contributed by atoms with Gasteiger partial charge in [0.1, 0.15) is 13.2 Å². The van der Waals surface area contributed by atoms with Gasteiger partial charge in [-0.05, 0) is 84.1 Å². The Kier molecular flexibility index (Phi) is 9.91. The van der Waals surface area contributed by atoms with Crippen LogP contribution in [0.4, 0.5) is 11.4 Å². The number of ether oxygens (including phenoxy) is 4. The number of amides is 2. The molecule has 2 amide bonds. The first kappa shape index (κ1) is 37.1. The van der Waals surface area contributed by atoms with Crippen molar-refractivity contribution < 1.29 is 30.0 Å². The van der Waals surface area contributed by atoms with E-state index in [1.165, 1.54) is 11.1 Å². The van der Waals surface area contributed by atoms with Crippen LogP contribution in [0.15, 0.2) is 101 Å². The molecule has 0 aromatic heterocycles. The Morgan fingerprint density at radius 3 is 1.47 bits per heavy atom. The van der Waals surface area contributed by atoms with Crippen LogP contribution >= 0.6 is 0 Å². The van der Waals surface area contributed by atoms with Crippen LogP contribution in [-0.2, 0) is 45.7 Å². The molecule has 11 heteroatoms.